The van der Waals surface area contributed by atoms with Gasteiger partial charge in [0.2, 0.25) is 0 Å². The van der Waals surface area contributed by atoms with Gasteiger partial charge in [-0.1, -0.05) is 12.1 Å². The number of carbonyl (C=O) groups is 1. The molecule has 110 valence electrons. The second-order valence-corrected chi connectivity index (χ2v) is 6.65. The standard InChI is InChI=1S/C16H24N2OS/c1-17-16(19)13-6-4-12(5-7-13)11-18(2)14-8-9-15(10-14)20-3/h4-7,14-15H,8-11H2,1-3H3,(H,17,19)/t14-,15-/m0/s1. The molecule has 0 radical (unpaired) electrons. The van der Waals surface area contributed by atoms with E-state index in [2.05, 4.69) is 35.7 Å². The Morgan fingerprint density at radius 1 is 1.35 bits per heavy atom. The first-order valence-corrected chi connectivity index (χ1v) is 8.47. The van der Waals surface area contributed by atoms with Crippen LogP contribution in [0.3, 0.4) is 0 Å². The van der Waals surface area contributed by atoms with Crippen LogP contribution in [0.1, 0.15) is 35.2 Å². The van der Waals surface area contributed by atoms with Crippen molar-refractivity contribution >= 4 is 17.7 Å². The number of nitrogens with one attached hydrogen (secondary N) is 1. The minimum absolute atomic E-state index is 0.0245. The Balaban J connectivity index is 1.91. The Kier molecular flexibility index (Phi) is 5.49. The molecule has 0 saturated heterocycles. The molecule has 0 spiro atoms. The zero-order chi connectivity index (χ0) is 14.5. The summed E-state index contributed by atoms with van der Waals surface area (Å²) >= 11 is 2.00. The van der Waals surface area contributed by atoms with Crippen molar-refractivity contribution in [3.05, 3.63) is 35.4 Å². The molecule has 0 unspecified atom stereocenters. The van der Waals surface area contributed by atoms with Crippen LogP contribution in [-0.4, -0.2) is 42.4 Å². The van der Waals surface area contributed by atoms with Crippen molar-refractivity contribution < 1.29 is 4.79 Å². The first kappa shape index (κ1) is 15.4. The van der Waals surface area contributed by atoms with Gasteiger partial charge in [0.25, 0.3) is 5.91 Å². The summed E-state index contributed by atoms with van der Waals surface area (Å²) in [4.78, 5) is 14.0. The van der Waals surface area contributed by atoms with Crippen molar-refractivity contribution in [2.45, 2.75) is 37.1 Å². The van der Waals surface area contributed by atoms with Gasteiger partial charge in [-0.05, 0) is 50.3 Å². The summed E-state index contributed by atoms with van der Waals surface area (Å²) in [6.07, 6.45) is 6.16. The molecule has 0 aliphatic heterocycles. The zero-order valence-corrected chi connectivity index (χ0v) is 13.4. The molecule has 3 nitrogen and oxygen atoms in total. The normalized spacial score (nSPS) is 22.2. The molecule has 4 heteroatoms. The van der Waals surface area contributed by atoms with E-state index in [0.717, 1.165) is 17.4 Å². The van der Waals surface area contributed by atoms with Crippen LogP contribution in [0.15, 0.2) is 24.3 Å². The Bertz CT molecular complexity index is 446. The summed E-state index contributed by atoms with van der Waals surface area (Å²) < 4.78 is 0. The minimum Gasteiger partial charge on any atom is -0.355 e. The highest BCUT2D eigenvalue weighted by atomic mass is 32.2. The van der Waals surface area contributed by atoms with Crippen LogP contribution in [0, 0.1) is 0 Å². The summed E-state index contributed by atoms with van der Waals surface area (Å²) in [5.41, 5.74) is 2.00. The lowest BCUT2D eigenvalue weighted by molar-refractivity contribution is 0.0963. The zero-order valence-electron chi connectivity index (χ0n) is 12.6. The van der Waals surface area contributed by atoms with E-state index in [1.165, 1.54) is 24.8 Å². The van der Waals surface area contributed by atoms with Crippen LogP contribution >= 0.6 is 11.8 Å². The molecule has 0 aromatic heterocycles. The Morgan fingerprint density at radius 3 is 2.60 bits per heavy atom. The number of benzene rings is 1. The summed E-state index contributed by atoms with van der Waals surface area (Å²) in [7, 11) is 3.87. The van der Waals surface area contributed by atoms with Crippen molar-refractivity contribution in [2.75, 3.05) is 20.4 Å². The van der Waals surface area contributed by atoms with Crippen molar-refractivity contribution in [1.29, 1.82) is 0 Å². The van der Waals surface area contributed by atoms with Crippen molar-refractivity contribution in [3.63, 3.8) is 0 Å². The maximum absolute atomic E-state index is 11.5. The molecule has 1 saturated carbocycles. The fourth-order valence-electron chi connectivity index (χ4n) is 2.85. The molecule has 1 aliphatic rings. The van der Waals surface area contributed by atoms with Crippen LogP contribution in [-0.2, 0) is 6.54 Å². The quantitative estimate of drug-likeness (QED) is 0.905. The molecule has 1 amide bonds. The van der Waals surface area contributed by atoms with E-state index in [1.54, 1.807) is 7.05 Å². The van der Waals surface area contributed by atoms with Gasteiger partial charge in [-0.3, -0.25) is 9.69 Å². The summed E-state index contributed by atoms with van der Waals surface area (Å²) in [5.74, 6) is -0.0245. The summed E-state index contributed by atoms with van der Waals surface area (Å²) in [5, 5.41) is 3.48. The van der Waals surface area contributed by atoms with Crippen molar-refractivity contribution in [1.82, 2.24) is 10.2 Å². The highest BCUT2D eigenvalue weighted by molar-refractivity contribution is 7.99. The van der Waals surface area contributed by atoms with Gasteiger partial charge in [0.05, 0.1) is 0 Å². The van der Waals surface area contributed by atoms with E-state index in [9.17, 15) is 4.79 Å². The molecule has 2 rings (SSSR count). The second kappa shape index (κ2) is 7.14. The number of carbonyl (C=O) groups excluding carboxylic acids is 1. The van der Waals surface area contributed by atoms with E-state index < -0.39 is 0 Å². The highest BCUT2D eigenvalue weighted by Gasteiger charge is 2.26. The fraction of sp³-hybridized carbons (Fsp3) is 0.562. The smallest absolute Gasteiger partial charge is 0.251 e. The molecular weight excluding hydrogens is 268 g/mol. The van der Waals surface area contributed by atoms with Crippen molar-refractivity contribution in [3.8, 4) is 0 Å². The summed E-state index contributed by atoms with van der Waals surface area (Å²) in [6.45, 7) is 0.958. The Hall–Kier alpha value is -1.00. The molecule has 20 heavy (non-hydrogen) atoms. The fourth-order valence-corrected chi connectivity index (χ4v) is 3.64. The average molecular weight is 292 g/mol. The first-order chi connectivity index (χ1) is 9.63. The first-order valence-electron chi connectivity index (χ1n) is 7.18. The van der Waals surface area contributed by atoms with Gasteiger partial charge in [0.15, 0.2) is 0 Å². The van der Waals surface area contributed by atoms with Gasteiger partial charge in [-0.2, -0.15) is 11.8 Å². The number of rotatable bonds is 5. The van der Waals surface area contributed by atoms with Crippen LogP contribution < -0.4 is 5.32 Å². The highest BCUT2D eigenvalue weighted by Crippen LogP contribution is 2.31. The molecule has 0 heterocycles. The lowest BCUT2D eigenvalue weighted by atomic mass is 10.1. The largest absolute Gasteiger partial charge is 0.355 e. The monoisotopic (exact) mass is 292 g/mol. The van der Waals surface area contributed by atoms with Crippen LogP contribution in [0.5, 0.6) is 0 Å². The van der Waals surface area contributed by atoms with Crippen LogP contribution in [0.2, 0.25) is 0 Å². The van der Waals surface area contributed by atoms with Crippen molar-refractivity contribution in [2.24, 2.45) is 0 Å². The molecular formula is C16H24N2OS. The molecule has 1 fully saturated rings. The molecule has 1 aromatic carbocycles. The van der Waals surface area contributed by atoms with E-state index in [0.29, 0.717) is 6.04 Å². The van der Waals surface area contributed by atoms with E-state index in [-0.39, 0.29) is 5.91 Å². The predicted molar refractivity (Wildman–Crippen MR) is 86.2 cm³/mol. The predicted octanol–water partition coefficient (Wildman–Crippen LogP) is 2.76. The summed E-state index contributed by atoms with van der Waals surface area (Å²) in [6, 6.07) is 8.62. The lowest BCUT2D eigenvalue weighted by Crippen LogP contribution is -2.29. The number of thioether (sulfide) groups is 1. The van der Waals surface area contributed by atoms with Gasteiger partial charge >= 0.3 is 0 Å². The molecule has 1 aromatic rings. The molecule has 1 aliphatic carbocycles. The third-order valence-electron chi connectivity index (χ3n) is 4.19. The number of nitrogens with zero attached hydrogens (tertiary/aromatic N) is 1. The van der Waals surface area contributed by atoms with E-state index in [4.69, 9.17) is 0 Å². The third kappa shape index (κ3) is 3.76. The average Bonchev–Trinajstić information content (AvgIpc) is 2.96. The van der Waals surface area contributed by atoms with E-state index >= 15 is 0 Å². The second-order valence-electron chi connectivity index (χ2n) is 5.52. The number of hydrogen-bond donors (Lipinski definition) is 1. The molecule has 2 atom stereocenters. The number of amides is 1. The minimum atomic E-state index is -0.0245. The number of hydrogen-bond acceptors (Lipinski definition) is 3. The van der Waals surface area contributed by atoms with Crippen LogP contribution in [0.4, 0.5) is 0 Å². The Morgan fingerprint density at radius 2 is 2.05 bits per heavy atom. The van der Waals surface area contributed by atoms with Gasteiger partial charge in [0.1, 0.15) is 0 Å². The van der Waals surface area contributed by atoms with Gasteiger partial charge in [-0.15, -0.1) is 0 Å². The molecule has 0 bridgehead atoms. The Labute approximate surface area is 126 Å². The maximum Gasteiger partial charge on any atom is 0.251 e. The van der Waals surface area contributed by atoms with Gasteiger partial charge < -0.3 is 5.32 Å². The van der Waals surface area contributed by atoms with Gasteiger partial charge in [-0.25, -0.2) is 0 Å². The molecule has 1 N–H and O–H groups in total. The lowest BCUT2D eigenvalue weighted by Gasteiger charge is -2.24. The van der Waals surface area contributed by atoms with Gasteiger partial charge in [0, 0.05) is 30.4 Å². The van der Waals surface area contributed by atoms with E-state index in [1.807, 2.05) is 23.9 Å². The van der Waals surface area contributed by atoms with Crippen LogP contribution in [0.25, 0.3) is 0 Å². The topological polar surface area (TPSA) is 32.3 Å². The third-order valence-corrected chi connectivity index (χ3v) is 5.28. The SMILES string of the molecule is CNC(=O)c1ccc(CN(C)[C@H]2CC[C@H](SC)C2)cc1. The maximum atomic E-state index is 11.5.